The number of ether oxygens (including phenoxy) is 2. The van der Waals surface area contributed by atoms with Crippen LogP contribution in [0.3, 0.4) is 0 Å². The van der Waals surface area contributed by atoms with E-state index in [4.69, 9.17) is 9.47 Å². The maximum absolute atomic E-state index is 12.5. The lowest BCUT2D eigenvalue weighted by atomic mass is 10.1. The molecule has 0 fully saturated rings. The molecule has 0 bridgehead atoms. The molecule has 3 rings (SSSR count). The van der Waals surface area contributed by atoms with Gasteiger partial charge in [0.15, 0.2) is 0 Å². The van der Waals surface area contributed by atoms with E-state index >= 15 is 0 Å². The summed E-state index contributed by atoms with van der Waals surface area (Å²) < 4.78 is 12.9. The lowest BCUT2D eigenvalue weighted by Gasteiger charge is -2.11. The number of benzene rings is 3. The molecule has 0 aliphatic carbocycles. The number of hydrogen-bond acceptors (Lipinski definition) is 4. The van der Waals surface area contributed by atoms with Gasteiger partial charge >= 0.3 is 11.9 Å². The molecule has 0 saturated heterocycles. The SMILES string of the molecule is O=C(OCc1ccccc1I)c1ccccc1C(=O)OCc1ccccc1I. The lowest BCUT2D eigenvalue weighted by molar-refractivity contribution is 0.0424. The van der Waals surface area contributed by atoms with Gasteiger partial charge in [-0.3, -0.25) is 0 Å². The zero-order chi connectivity index (χ0) is 19.9. The standard InChI is InChI=1S/C22H16I2O4/c23-19-11-5-1-7-15(19)13-27-21(25)17-9-3-4-10-18(17)22(26)28-14-16-8-2-6-12-20(16)24/h1-12H,13-14H2. The predicted molar refractivity (Wildman–Crippen MR) is 123 cm³/mol. The third kappa shape index (κ3) is 5.32. The Morgan fingerprint density at radius 3 is 1.36 bits per heavy atom. The molecule has 0 saturated carbocycles. The molecule has 6 heteroatoms. The Hall–Kier alpha value is -1.94. The van der Waals surface area contributed by atoms with E-state index < -0.39 is 11.9 Å². The quantitative estimate of drug-likeness (QED) is 0.274. The van der Waals surface area contributed by atoms with Gasteiger partial charge in [0.05, 0.1) is 11.1 Å². The van der Waals surface area contributed by atoms with Crippen LogP contribution >= 0.6 is 45.2 Å². The Bertz CT molecular complexity index is 921. The molecule has 3 aromatic rings. The van der Waals surface area contributed by atoms with Crippen molar-refractivity contribution in [3.8, 4) is 0 Å². The molecule has 0 radical (unpaired) electrons. The average Bonchev–Trinajstić information content (AvgIpc) is 2.72. The molecule has 0 spiro atoms. The van der Waals surface area contributed by atoms with Gasteiger partial charge in [0.25, 0.3) is 0 Å². The van der Waals surface area contributed by atoms with Gasteiger partial charge in [0.2, 0.25) is 0 Å². The summed E-state index contributed by atoms with van der Waals surface area (Å²) in [4.78, 5) is 25.1. The van der Waals surface area contributed by atoms with Crippen molar-refractivity contribution >= 4 is 57.1 Å². The molecule has 0 atom stereocenters. The number of carbonyl (C=O) groups excluding carboxylic acids is 2. The molecule has 0 amide bonds. The average molecular weight is 598 g/mol. The summed E-state index contributed by atoms with van der Waals surface area (Å²) >= 11 is 4.38. The second-order valence-electron chi connectivity index (χ2n) is 5.88. The summed E-state index contributed by atoms with van der Waals surface area (Å²) in [5.41, 5.74) is 2.22. The first-order valence-electron chi connectivity index (χ1n) is 8.46. The van der Waals surface area contributed by atoms with E-state index in [1.807, 2.05) is 48.5 Å². The summed E-state index contributed by atoms with van der Waals surface area (Å²) in [6.07, 6.45) is 0. The smallest absolute Gasteiger partial charge is 0.339 e. The van der Waals surface area contributed by atoms with Crippen molar-refractivity contribution in [3.05, 3.63) is 102 Å². The summed E-state index contributed by atoms with van der Waals surface area (Å²) in [6, 6.07) is 21.8. The van der Waals surface area contributed by atoms with Crippen molar-refractivity contribution in [2.24, 2.45) is 0 Å². The second kappa shape index (κ2) is 10.0. The highest BCUT2D eigenvalue weighted by atomic mass is 127. The van der Waals surface area contributed by atoms with E-state index in [0.717, 1.165) is 18.3 Å². The Kier molecular flexibility index (Phi) is 7.43. The van der Waals surface area contributed by atoms with Gasteiger partial charge < -0.3 is 9.47 Å². The highest BCUT2D eigenvalue weighted by molar-refractivity contribution is 14.1. The number of rotatable bonds is 6. The largest absolute Gasteiger partial charge is 0.457 e. The monoisotopic (exact) mass is 598 g/mol. The fourth-order valence-electron chi connectivity index (χ4n) is 2.51. The maximum atomic E-state index is 12.5. The maximum Gasteiger partial charge on any atom is 0.339 e. The van der Waals surface area contributed by atoms with Gasteiger partial charge in [0, 0.05) is 18.3 Å². The summed E-state index contributed by atoms with van der Waals surface area (Å²) in [6.45, 7) is 0.285. The Balaban J connectivity index is 1.69. The minimum Gasteiger partial charge on any atom is -0.457 e. The number of carbonyl (C=O) groups is 2. The highest BCUT2D eigenvalue weighted by Crippen LogP contribution is 2.18. The Morgan fingerprint density at radius 1 is 0.607 bits per heavy atom. The fourth-order valence-corrected chi connectivity index (χ4v) is 3.60. The first-order valence-corrected chi connectivity index (χ1v) is 10.6. The molecule has 28 heavy (non-hydrogen) atoms. The van der Waals surface area contributed by atoms with Crippen molar-refractivity contribution in [2.75, 3.05) is 0 Å². The molecule has 0 aromatic heterocycles. The van der Waals surface area contributed by atoms with Gasteiger partial charge in [-0.15, -0.1) is 0 Å². The van der Waals surface area contributed by atoms with E-state index in [2.05, 4.69) is 45.2 Å². The van der Waals surface area contributed by atoms with Crippen molar-refractivity contribution in [2.45, 2.75) is 13.2 Å². The van der Waals surface area contributed by atoms with Crippen LogP contribution in [-0.4, -0.2) is 11.9 Å². The molecule has 0 unspecified atom stereocenters. The fraction of sp³-hybridized carbons (Fsp3) is 0.0909. The highest BCUT2D eigenvalue weighted by Gasteiger charge is 2.19. The third-order valence-electron chi connectivity index (χ3n) is 4.00. The van der Waals surface area contributed by atoms with Crippen molar-refractivity contribution in [1.82, 2.24) is 0 Å². The zero-order valence-corrected chi connectivity index (χ0v) is 19.0. The number of hydrogen-bond donors (Lipinski definition) is 0. The number of esters is 2. The summed E-state index contributed by atoms with van der Waals surface area (Å²) in [5.74, 6) is -1.11. The molecule has 142 valence electrons. The minimum atomic E-state index is -0.554. The van der Waals surface area contributed by atoms with Crippen LogP contribution in [0.2, 0.25) is 0 Å². The molecule has 0 heterocycles. The molecule has 0 N–H and O–H groups in total. The zero-order valence-electron chi connectivity index (χ0n) is 14.7. The Labute approximate surface area is 190 Å². The predicted octanol–water partition coefficient (Wildman–Crippen LogP) is 5.61. The first kappa shape index (κ1) is 20.8. The van der Waals surface area contributed by atoms with Gasteiger partial charge in [-0.1, -0.05) is 48.5 Å². The number of halogens is 2. The Morgan fingerprint density at radius 2 is 0.964 bits per heavy atom. The molecule has 0 aliphatic rings. The van der Waals surface area contributed by atoms with Crippen molar-refractivity contribution in [1.29, 1.82) is 0 Å². The van der Waals surface area contributed by atoms with Gasteiger partial charge in [0.1, 0.15) is 13.2 Å². The van der Waals surface area contributed by atoms with Gasteiger partial charge in [-0.05, 0) is 69.4 Å². The van der Waals surface area contributed by atoms with Crippen LogP contribution in [-0.2, 0) is 22.7 Å². The van der Waals surface area contributed by atoms with Crippen LogP contribution in [0.4, 0.5) is 0 Å². The van der Waals surface area contributed by atoms with Crippen LogP contribution in [0.15, 0.2) is 72.8 Å². The van der Waals surface area contributed by atoms with Crippen LogP contribution in [0.5, 0.6) is 0 Å². The van der Waals surface area contributed by atoms with Gasteiger partial charge in [-0.25, -0.2) is 9.59 Å². The summed E-state index contributed by atoms with van der Waals surface area (Å²) in [5, 5.41) is 0. The molecule has 4 nitrogen and oxygen atoms in total. The van der Waals surface area contributed by atoms with Crippen LogP contribution < -0.4 is 0 Å². The third-order valence-corrected chi connectivity index (χ3v) is 6.10. The van der Waals surface area contributed by atoms with Crippen molar-refractivity contribution < 1.29 is 19.1 Å². The van der Waals surface area contributed by atoms with E-state index in [0.29, 0.717) is 0 Å². The van der Waals surface area contributed by atoms with Crippen LogP contribution in [0.1, 0.15) is 31.8 Å². The van der Waals surface area contributed by atoms with E-state index in [1.165, 1.54) is 0 Å². The van der Waals surface area contributed by atoms with E-state index in [9.17, 15) is 9.59 Å². The molecule has 3 aromatic carbocycles. The first-order chi connectivity index (χ1) is 13.6. The van der Waals surface area contributed by atoms with E-state index in [1.54, 1.807) is 24.3 Å². The van der Waals surface area contributed by atoms with Crippen LogP contribution in [0.25, 0.3) is 0 Å². The summed E-state index contributed by atoms with van der Waals surface area (Å²) in [7, 11) is 0. The molecule has 0 aliphatic heterocycles. The topological polar surface area (TPSA) is 52.6 Å². The van der Waals surface area contributed by atoms with Crippen LogP contribution in [0, 0.1) is 7.14 Å². The normalized spacial score (nSPS) is 10.4. The molecular formula is C22H16I2O4. The molecular weight excluding hydrogens is 582 g/mol. The van der Waals surface area contributed by atoms with E-state index in [-0.39, 0.29) is 24.3 Å². The lowest BCUT2D eigenvalue weighted by Crippen LogP contribution is -2.14. The van der Waals surface area contributed by atoms with Gasteiger partial charge in [-0.2, -0.15) is 0 Å². The minimum absolute atomic E-state index is 0.142. The second-order valence-corrected chi connectivity index (χ2v) is 8.21. The van der Waals surface area contributed by atoms with Crippen molar-refractivity contribution in [3.63, 3.8) is 0 Å².